The third-order valence-electron chi connectivity index (χ3n) is 0.819. The maximum atomic E-state index is 8.84. The Bertz CT molecular complexity index is 91.1. The number of allylic oxidation sites excluding steroid dienone is 1. The van der Waals surface area contributed by atoms with Gasteiger partial charge in [0.25, 0.3) is 0 Å². The number of thioether (sulfide) groups is 1. The van der Waals surface area contributed by atoms with Gasteiger partial charge in [-0.05, 0) is 13.0 Å². The second kappa shape index (κ2) is 5.98. The van der Waals surface area contributed by atoms with Crippen molar-refractivity contribution >= 4 is 11.8 Å². The number of aliphatic hydroxyl groups excluding tert-OH is 2. The van der Waals surface area contributed by atoms with E-state index in [2.05, 4.69) is 0 Å². The van der Waals surface area contributed by atoms with Gasteiger partial charge in [0.1, 0.15) is 0 Å². The van der Waals surface area contributed by atoms with E-state index in [1.165, 1.54) is 11.8 Å². The molecule has 0 aliphatic rings. The maximum Gasteiger partial charge on any atom is 0.0978 e. The van der Waals surface area contributed by atoms with Gasteiger partial charge in [0.05, 0.1) is 18.1 Å². The van der Waals surface area contributed by atoms with Crippen molar-refractivity contribution in [1.82, 2.24) is 0 Å². The van der Waals surface area contributed by atoms with Gasteiger partial charge in [-0.1, -0.05) is 0 Å². The first-order valence-electron chi connectivity index (χ1n) is 2.84. The minimum Gasteiger partial charge on any atom is -0.512 e. The van der Waals surface area contributed by atoms with Crippen LogP contribution in [0.15, 0.2) is 11.8 Å². The number of hydrogen-bond donors (Lipinski definition) is 2. The van der Waals surface area contributed by atoms with Gasteiger partial charge in [-0.2, -0.15) is 11.8 Å². The molecule has 0 aromatic carbocycles. The highest BCUT2D eigenvalue weighted by Crippen LogP contribution is 2.03. The standard InChI is InChI=1S/C6H12O2S/c1-2-6(8)5-9-4-3-7/h2,7-8H,3-5H2,1H3. The van der Waals surface area contributed by atoms with Crippen molar-refractivity contribution in [3.63, 3.8) is 0 Å². The summed E-state index contributed by atoms with van der Waals surface area (Å²) < 4.78 is 0. The molecule has 0 unspecified atom stereocenters. The van der Waals surface area contributed by atoms with E-state index in [1.54, 1.807) is 13.0 Å². The van der Waals surface area contributed by atoms with Gasteiger partial charge in [-0.25, -0.2) is 0 Å². The van der Waals surface area contributed by atoms with Gasteiger partial charge in [0.15, 0.2) is 0 Å². The fraction of sp³-hybridized carbons (Fsp3) is 0.667. The van der Waals surface area contributed by atoms with Gasteiger partial charge >= 0.3 is 0 Å². The fourth-order valence-electron chi connectivity index (χ4n) is 0.325. The summed E-state index contributed by atoms with van der Waals surface area (Å²) in [5.41, 5.74) is 0. The lowest BCUT2D eigenvalue weighted by Gasteiger charge is -1.95. The molecule has 0 rings (SSSR count). The fourth-order valence-corrected chi connectivity index (χ4v) is 0.974. The molecule has 2 N–H and O–H groups in total. The summed E-state index contributed by atoms with van der Waals surface area (Å²) in [6, 6.07) is 0. The van der Waals surface area contributed by atoms with Crippen molar-refractivity contribution in [3.8, 4) is 0 Å². The molecule has 0 aromatic heterocycles. The average Bonchev–Trinajstić information content (AvgIpc) is 1.89. The van der Waals surface area contributed by atoms with Crippen LogP contribution in [-0.4, -0.2) is 28.3 Å². The summed E-state index contributed by atoms with van der Waals surface area (Å²) in [6.07, 6.45) is 1.66. The number of aliphatic hydroxyl groups is 2. The van der Waals surface area contributed by atoms with Crippen LogP contribution in [0.4, 0.5) is 0 Å². The highest BCUT2D eigenvalue weighted by atomic mass is 32.2. The van der Waals surface area contributed by atoms with Crippen LogP contribution in [0.2, 0.25) is 0 Å². The molecule has 2 nitrogen and oxygen atoms in total. The van der Waals surface area contributed by atoms with E-state index in [1.807, 2.05) is 0 Å². The van der Waals surface area contributed by atoms with Crippen molar-refractivity contribution in [2.75, 3.05) is 18.1 Å². The number of rotatable bonds is 4. The normalized spacial score (nSPS) is 12.0. The van der Waals surface area contributed by atoms with E-state index < -0.39 is 0 Å². The van der Waals surface area contributed by atoms with Crippen LogP contribution >= 0.6 is 11.8 Å². The Morgan fingerprint density at radius 1 is 1.67 bits per heavy atom. The molecule has 0 aromatic rings. The molecule has 9 heavy (non-hydrogen) atoms. The second-order valence-corrected chi connectivity index (χ2v) is 2.66. The van der Waals surface area contributed by atoms with Crippen LogP contribution in [0.5, 0.6) is 0 Å². The predicted octanol–water partition coefficient (Wildman–Crippen LogP) is 1.17. The zero-order chi connectivity index (χ0) is 7.11. The first-order valence-corrected chi connectivity index (χ1v) is 3.99. The van der Waals surface area contributed by atoms with Crippen LogP contribution in [0, 0.1) is 0 Å². The van der Waals surface area contributed by atoms with Crippen LogP contribution < -0.4 is 0 Å². The number of hydrogen-bond acceptors (Lipinski definition) is 3. The lowest BCUT2D eigenvalue weighted by atomic mass is 10.5. The molecular weight excluding hydrogens is 136 g/mol. The molecule has 0 fully saturated rings. The summed E-state index contributed by atoms with van der Waals surface area (Å²) in [5, 5.41) is 17.2. The summed E-state index contributed by atoms with van der Waals surface area (Å²) in [7, 11) is 0. The van der Waals surface area contributed by atoms with Crippen molar-refractivity contribution in [3.05, 3.63) is 11.8 Å². The van der Waals surface area contributed by atoms with Crippen molar-refractivity contribution in [2.45, 2.75) is 6.92 Å². The molecular formula is C6H12O2S. The maximum absolute atomic E-state index is 8.84. The quantitative estimate of drug-likeness (QED) is 0.464. The third kappa shape index (κ3) is 5.73. The Hall–Kier alpha value is -0.150. The van der Waals surface area contributed by atoms with Gasteiger partial charge in [0, 0.05) is 5.75 Å². The largest absolute Gasteiger partial charge is 0.512 e. The average molecular weight is 148 g/mol. The smallest absolute Gasteiger partial charge is 0.0978 e. The lowest BCUT2D eigenvalue weighted by Crippen LogP contribution is -1.90. The first-order chi connectivity index (χ1) is 4.31. The molecule has 0 spiro atoms. The third-order valence-corrected chi connectivity index (χ3v) is 1.79. The summed E-state index contributed by atoms with van der Waals surface area (Å²) in [6.45, 7) is 1.97. The molecule has 0 saturated heterocycles. The molecule has 3 heteroatoms. The Kier molecular flexibility index (Phi) is 5.88. The van der Waals surface area contributed by atoms with Crippen molar-refractivity contribution < 1.29 is 10.2 Å². The van der Waals surface area contributed by atoms with E-state index >= 15 is 0 Å². The zero-order valence-electron chi connectivity index (χ0n) is 5.50. The summed E-state index contributed by atoms with van der Waals surface area (Å²) in [5.74, 6) is 1.68. The van der Waals surface area contributed by atoms with E-state index in [-0.39, 0.29) is 6.61 Å². The summed E-state index contributed by atoms with van der Waals surface area (Å²) >= 11 is 1.52. The minimum absolute atomic E-state index is 0.182. The Labute approximate surface area is 59.6 Å². The predicted molar refractivity (Wildman–Crippen MR) is 40.8 cm³/mol. The Balaban J connectivity index is 3.07. The summed E-state index contributed by atoms with van der Waals surface area (Å²) in [4.78, 5) is 0. The Morgan fingerprint density at radius 3 is 2.78 bits per heavy atom. The molecule has 0 aliphatic heterocycles. The van der Waals surface area contributed by atoms with E-state index in [0.29, 0.717) is 17.3 Å². The molecule has 0 atom stereocenters. The second-order valence-electron chi connectivity index (χ2n) is 1.56. The highest BCUT2D eigenvalue weighted by molar-refractivity contribution is 7.99. The highest BCUT2D eigenvalue weighted by Gasteiger charge is 1.89. The molecule has 0 heterocycles. The monoisotopic (exact) mass is 148 g/mol. The van der Waals surface area contributed by atoms with E-state index in [0.717, 1.165) is 0 Å². The Morgan fingerprint density at radius 2 is 2.33 bits per heavy atom. The molecule has 0 amide bonds. The lowest BCUT2D eigenvalue weighted by molar-refractivity contribution is 0.322. The van der Waals surface area contributed by atoms with E-state index in [9.17, 15) is 0 Å². The van der Waals surface area contributed by atoms with Gasteiger partial charge in [0.2, 0.25) is 0 Å². The van der Waals surface area contributed by atoms with E-state index in [4.69, 9.17) is 10.2 Å². The van der Waals surface area contributed by atoms with Crippen LogP contribution in [-0.2, 0) is 0 Å². The van der Waals surface area contributed by atoms with Gasteiger partial charge in [-0.3, -0.25) is 0 Å². The molecule has 54 valence electrons. The molecule has 0 saturated carbocycles. The first kappa shape index (κ1) is 8.85. The van der Waals surface area contributed by atoms with Crippen LogP contribution in [0.1, 0.15) is 6.92 Å². The minimum atomic E-state index is 0.182. The zero-order valence-corrected chi connectivity index (χ0v) is 6.32. The topological polar surface area (TPSA) is 40.5 Å². The molecule has 0 radical (unpaired) electrons. The van der Waals surface area contributed by atoms with Crippen molar-refractivity contribution in [2.24, 2.45) is 0 Å². The molecule has 0 bridgehead atoms. The van der Waals surface area contributed by atoms with Gasteiger partial charge in [-0.15, -0.1) is 0 Å². The van der Waals surface area contributed by atoms with Crippen LogP contribution in [0.3, 0.4) is 0 Å². The molecule has 0 aliphatic carbocycles. The van der Waals surface area contributed by atoms with Gasteiger partial charge < -0.3 is 10.2 Å². The van der Waals surface area contributed by atoms with Crippen molar-refractivity contribution in [1.29, 1.82) is 0 Å². The SMILES string of the molecule is CC=C(O)CSCCO. The van der Waals surface area contributed by atoms with Crippen LogP contribution in [0.25, 0.3) is 0 Å².